The quantitative estimate of drug-likeness (QED) is 0.806. The molecule has 2 unspecified atom stereocenters. The monoisotopic (exact) mass is 275 g/mol. The largest absolute Gasteiger partial charge is 0.383 e. The lowest BCUT2D eigenvalue weighted by Gasteiger charge is -2.18. The van der Waals surface area contributed by atoms with Crippen LogP contribution in [-0.4, -0.2) is 38.3 Å². The van der Waals surface area contributed by atoms with Gasteiger partial charge in [-0.05, 0) is 36.3 Å². The van der Waals surface area contributed by atoms with E-state index in [1.54, 1.807) is 7.11 Å². The summed E-state index contributed by atoms with van der Waals surface area (Å²) < 4.78 is 5.02. The first kappa shape index (κ1) is 13.8. The van der Waals surface area contributed by atoms with Crippen molar-refractivity contribution in [3.8, 4) is 0 Å². The van der Waals surface area contributed by atoms with Crippen molar-refractivity contribution in [2.24, 2.45) is 11.8 Å². The number of pyridine rings is 1. The molecule has 2 atom stereocenters. The molecular formula is C16H25N3O. The van der Waals surface area contributed by atoms with Crippen LogP contribution in [0.2, 0.25) is 0 Å². The topological polar surface area (TPSA) is 37.4 Å². The van der Waals surface area contributed by atoms with Gasteiger partial charge < -0.3 is 15.0 Å². The molecule has 1 aliphatic heterocycles. The first-order valence-electron chi connectivity index (χ1n) is 7.76. The molecule has 2 fully saturated rings. The Labute approximate surface area is 121 Å². The van der Waals surface area contributed by atoms with E-state index < -0.39 is 0 Å². The first-order chi connectivity index (χ1) is 9.86. The Morgan fingerprint density at radius 3 is 2.75 bits per heavy atom. The molecule has 0 spiro atoms. The van der Waals surface area contributed by atoms with Crippen LogP contribution in [0.4, 0.5) is 5.82 Å². The number of hydrogen-bond donors (Lipinski definition) is 1. The Hall–Kier alpha value is -1.13. The minimum Gasteiger partial charge on any atom is -0.383 e. The Morgan fingerprint density at radius 1 is 1.30 bits per heavy atom. The number of nitrogens with one attached hydrogen (secondary N) is 1. The lowest BCUT2D eigenvalue weighted by Crippen LogP contribution is -2.22. The molecule has 20 heavy (non-hydrogen) atoms. The van der Waals surface area contributed by atoms with Crippen LogP contribution in [0.3, 0.4) is 0 Å². The summed E-state index contributed by atoms with van der Waals surface area (Å²) in [6, 6.07) is 4.37. The second-order valence-corrected chi connectivity index (χ2v) is 6.05. The summed E-state index contributed by atoms with van der Waals surface area (Å²) in [7, 11) is 1.73. The van der Waals surface area contributed by atoms with Crippen molar-refractivity contribution in [2.45, 2.75) is 25.8 Å². The van der Waals surface area contributed by atoms with Gasteiger partial charge in [-0.15, -0.1) is 0 Å². The average molecular weight is 275 g/mol. The zero-order chi connectivity index (χ0) is 13.8. The lowest BCUT2D eigenvalue weighted by molar-refractivity contribution is 0.199. The number of anilines is 1. The van der Waals surface area contributed by atoms with Crippen LogP contribution in [0.1, 0.15) is 24.8 Å². The summed E-state index contributed by atoms with van der Waals surface area (Å²) in [4.78, 5) is 7.11. The molecule has 0 amide bonds. The molecule has 0 bridgehead atoms. The molecule has 1 saturated heterocycles. The molecule has 0 radical (unpaired) electrons. The van der Waals surface area contributed by atoms with Gasteiger partial charge in [0.05, 0.1) is 6.61 Å². The maximum Gasteiger partial charge on any atom is 0.128 e. The molecule has 1 N–H and O–H groups in total. The van der Waals surface area contributed by atoms with Gasteiger partial charge in [0.25, 0.3) is 0 Å². The highest BCUT2D eigenvalue weighted by atomic mass is 16.5. The highest BCUT2D eigenvalue weighted by molar-refractivity contribution is 5.41. The fourth-order valence-electron chi connectivity index (χ4n) is 3.54. The molecule has 1 aromatic heterocycles. The molecule has 1 saturated carbocycles. The van der Waals surface area contributed by atoms with Gasteiger partial charge in [0.2, 0.25) is 0 Å². The molecular weight excluding hydrogens is 250 g/mol. The third-order valence-electron chi connectivity index (χ3n) is 4.67. The average Bonchev–Trinajstić information content (AvgIpc) is 3.05. The van der Waals surface area contributed by atoms with Crippen LogP contribution >= 0.6 is 0 Å². The number of methoxy groups -OCH3 is 1. The van der Waals surface area contributed by atoms with E-state index in [0.29, 0.717) is 0 Å². The van der Waals surface area contributed by atoms with Crippen LogP contribution in [0.5, 0.6) is 0 Å². The number of rotatable bonds is 6. The Bertz CT molecular complexity index is 408. The predicted molar refractivity (Wildman–Crippen MR) is 80.9 cm³/mol. The van der Waals surface area contributed by atoms with E-state index in [4.69, 9.17) is 4.74 Å². The van der Waals surface area contributed by atoms with Gasteiger partial charge in [0.1, 0.15) is 5.82 Å². The van der Waals surface area contributed by atoms with Gasteiger partial charge in [0.15, 0.2) is 0 Å². The van der Waals surface area contributed by atoms with Crippen LogP contribution in [0.15, 0.2) is 18.3 Å². The summed E-state index contributed by atoms with van der Waals surface area (Å²) in [6.45, 7) is 4.92. The van der Waals surface area contributed by atoms with E-state index in [-0.39, 0.29) is 0 Å². The van der Waals surface area contributed by atoms with Crippen molar-refractivity contribution in [3.05, 3.63) is 23.9 Å². The second-order valence-electron chi connectivity index (χ2n) is 6.05. The van der Waals surface area contributed by atoms with Crippen molar-refractivity contribution in [1.82, 2.24) is 10.3 Å². The molecule has 0 aromatic carbocycles. The second kappa shape index (κ2) is 6.55. The van der Waals surface area contributed by atoms with Gasteiger partial charge >= 0.3 is 0 Å². The van der Waals surface area contributed by atoms with Gasteiger partial charge in [-0.1, -0.05) is 12.5 Å². The van der Waals surface area contributed by atoms with Crippen molar-refractivity contribution < 1.29 is 4.74 Å². The molecule has 2 aliphatic rings. The van der Waals surface area contributed by atoms with Gasteiger partial charge in [0, 0.05) is 39.5 Å². The summed E-state index contributed by atoms with van der Waals surface area (Å²) in [5, 5.41) is 3.35. The fourth-order valence-corrected chi connectivity index (χ4v) is 3.54. The molecule has 110 valence electrons. The van der Waals surface area contributed by atoms with Gasteiger partial charge in [-0.3, -0.25) is 0 Å². The number of ether oxygens (including phenoxy) is 1. The van der Waals surface area contributed by atoms with Crippen LogP contribution in [0.25, 0.3) is 0 Å². The van der Waals surface area contributed by atoms with E-state index in [1.807, 2.05) is 6.20 Å². The Balaban J connectivity index is 1.51. The molecule has 1 aromatic rings. The van der Waals surface area contributed by atoms with Gasteiger partial charge in [-0.25, -0.2) is 4.98 Å². The fraction of sp³-hybridized carbons (Fsp3) is 0.688. The third-order valence-corrected chi connectivity index (χ3v) is 4.67. The first-order valence-corrected chi connectivity index (χ1v) is 7.76. The highest BCUT2D eigenvalue weighted by Crippen LogP contribution is 2.38. The van der Waals surface area contributed by atoms with Crippen LogP contribution < -0.4 is 10.2 Å². The Kier molecular flexibility index (Phi) is 4.53. The zero-order valence-corrected chi connectivity index (χ0v) is 12.3. The van der Waals surface area contributed by atoms with Crippen LogP contribution in [-0.2, 0) is 11.3 Å². The summed E-state index contributed by atoms with van der Waals surface area (Å²) in [6.07, 6.45) is 6.28. The summed E-state index contributed by atoms with van der Waals surface area (Å²) in [5.41, 5.74) is 1.24. The van der Waals surface area contributed by atoms with Crippen molar-refractivity contribution >= 4 is 5.82 Å². The Morgan fingerprint density at radius 2 is 2.10 bits per heavy atom. The maximum atomic E-state index is 5.02. The highest BCUT2D eigenvalue weighted by Gasteiger charge is 2.36. The van der Waals surface area contributed by atoms with Crippen LogP contribution in [0, 0.1) is 11.8 Å². The number of nitrogens with zero attached hydrogens (tertiary/aromatic N) is 2. The number of hydrogen-bond acceptors (Lipinski definition) is 4. The van der Waals surface area contributed by atoms with Crippen molar-refractivity contribution in [2.75, 3.05) is 38.3 Å². The number of aromatic nitrogens is 1. The van der Waals surface area contributed by atoms with E-state index >= 15 is 0 Å². The van der Waals surface area contributed by atoms with Crippen molar-refractivity contribution in [3.63, 3.8) is 0 Å². The summed E-state index contributed by atoms with van der Waals surface area (Å²) >= 11 is 0. The summed E-state index contributed by atoms with van der Waals surface area (Å²) in [5.74, 6) is 3.00. The molecule has 4 nitrogen and oxygen atoms in total. The molecule has 1 aliphatic carbocycles. The SMILES string of the molecule is COCCNCc1ccc(N2CC3CCCC3C2)nc1. The molecule has 3 rings (SSSR count). The van der Waals surface area contributed by atoms with E-state index in [0.717, 1.165) is 37.4 Å². The normalized spacial score (nSPS) is 25.1. The predicted octanol–water partition coefficient (Wildman–Crippen LogP) is 2.05. The smallest absolute Gasteiger partial charge is 0.128 e. The number of fused-ring (bicyclic) bond motifs is 1. The van der Waals surface area contributed by atoms with E-state index in [2.05, 4.69) is 27.3 Å². The minimum atomic E-state index is 0.752. The van der Waals surface area contributed by atoms with E-state index in [9.17, 15) is 0 Å². The van der Waals surface area contributed by atoms with Crippen molar-refractivity contribution in [1.29, 1.82) is 0 Å². The standard InChI is InChI=1S/C16H25N3O/c1-20-8-7-17-9-13-5-6-16(18-10-13)19-11-14-3-2-4-15(14)12-19/h5-6,10,14-15,17H,2-4,7-9,11-12H2,1H3. The minimum absolute atomic E-state index is 0.752. The molecule has 2 heterocycles. The molecule has 4 heteroatoms. The maximum absolute atomic E-state index is 5.02. The third kappa shape index (κ3) is 3.13. The van der Waals surface area contributed by atoms with E-state index in [1.165, 1.54) is 37.9 Å². The zero-order valence-electron chi connectivity index (χ0n) is 12.3. The lowest BCUT2D eigenvalue weighted by atomic mass is 10.0. The van der Waals surface area contributed by atoms with Gasteiger partial charge in [-0.2, -0.15) is 0 Å².